The summed E-state index contributed by atoms with van der Waals surface area (Å²) < 4.78 is 35.2. The van der Waals surface area contributed by atoms with Gasteiger partial charge in [-0.25, -0.2) is 9.79 Å². The molecular formula is C17H10BrF2NO3. The number of para-hydroxylation sites is 1. The van der Waals surface area contributed by atoms with Crippen molar-refractivity contribution in [3.8, 4) is 5.75 Å². The van der Waals surface area contributed by atoms with Crippen molar-refractivity contribution in [3.63, 3.8) is 0 Å². The van der Waals surface area contributed by atoms with E-state index >= 15 is 0 Å². The van der Waals surface area contributed by atoms with Crippen molar-refractivity contribution in [1.82, 2.24) is 0 Å². The van der Waals surface area contributed by atoms with Gasteiger partial charge in [-0.15, -0.1) is 0 Å². The molecule has 0 spiro atoms. The van der Waals surface area contributed by atoms with Gasteiger partial charge in [0.05, 0.1) is 5.56 Å². The SMILES string of the molecule is O=C1OC(c2ccccc2Br)=N/C1=C\c1ccccc1OC(F)F. The number of carbonyl (C=O) groups excluding carboxylic acids is 1. The first-order valence-corrected chi connectivity index (χ1v) is 7.65. The number of esters is 1. The Bertz CT molecular complexity index is 849. The molecule has 0 N–H and O–H groups in total. The van der Waals surface area contributed by atoms with Gasteiger partial charge < -0.3 is 9.47 Å². The van der Waals surface area contributed by atoms with Crippen molar-refractivity contribution in [3.05, 3.63) is 69.8 Å². The van der Waals surface area contributed by atoms with Gasteiger partial charge in [0.15, 0.2) is 5.70 Å². The second kappa shape index (κ2) is 6.92. The number of hydrogen-bond donors (Lipinski definition) is 0. The van der Waals surface area contributed by atoms with Gasteiger partial charge in [-0.05, 0) is 40.2 Å². The Morgan fingerprint density at radius 2 is 1.83 bits per heavy atom. The summed E-state index contributed by atoms with van der Waals surface area (Å²) in [5.74, 6) is -0.559. The van der Waals surface area contributed by atoms with E-state index in [0.29, 0.717) is 11.1 Å². The van der Waals surface area contributed by atoms with Crippen molar-refractivity contribution in [2.45, 2.75) is 6.61 Å². The Morgan fingerprint density at radius 3 is 2.58 bits per heavy atom. The number of rotatable bonds is 4. The fourth-order valence-corrected chi connectivity index (χ4v) is 2.56. The molecule has 0 atom stereocenters. The molecule has 2 aromatic carbocycles. The average Bonchev–Trinajstić information content (AvgIpc) is 2.90. The maximum atomic E-state index is 12.5. The number of carbonyl (C=O) groups is 1. The Labute approximate surface area is 144 Å². The highest BCUT2D eigenvalue weighted by molar-refractivity contribution is 9.10. The molecule has 0 aromatic heterocycles. The summed E-state index contributed by atoms with van der Waals surface area (Å²) in [6, 6.07) is 13.3. The first-order chi connectivity index (χ1) is 11.5. The molecule has 0 radical (unpaired) electrons. The Balaban J connectivity index is 1.97. The number of ether oxygens (including phenoxy) is 2. The Morgan fingerprint density at radius 1 is 1.12 bits per heavy atom. The van der Waals surface area contributed by atoms with Crippen LogP contribution in [0.1, 0.15) is 11.1 Å². The molecule has 3 rings (SSSR count). The van der Waals surface area contributed by atoms with E-state index in [-0.39, 0.29) is 17.3 Å². The van der Waals surface area contributed by atoms with E-state index in [1.165, 1.54) is 12.1 Å². The highest BCUT2D eigenvalue weighted by atomic mass is 79.9. The monoisotopic (exact) mass is 393 g/mol. The predicted octanol–water partition coefficient (Wildman–Crippen LogP) is 4.40. The van der Waals surface area contributed by atoms with E-state index in [2.05, 4.69) is 25.7 Å². The molecular weight excluding hydrogens is 384 g/mol. The number of aliphatic imine (C=N–C) groups is 1. The lowest BCUT2D eigenvalue weighted by atomic mass is 10.1. The summed E-state index contributed by atoms with van der Waals surface area (Å²) in [5, 5.41) is 0. The number of cyclic esters (lactones) is 1. The summed E-state index contributed by atoms with van der Waals surface area (Å²) in [7, 11) is 0. The van der Waals surface area contributed by atoms with Crippen molar-refractivity contribution in [2.75, 3.05) is 0 Å². The van der Waals surface area contributed by atoms with Gasteiger partial charge in [0.2, 0.25) is 5.90 Å². The van der Waals surface area contributed by atoms with Gasteiger partial charge in [0, 0.05) is 10.0 Å². The number of nitrogens with zero attached hydrogens (tertiary/aromatic N) is 1. The lowest BCUT2D eigenvalue weighted by Gasteiger charge is -2.07. The summed E-state index contributed by atoms with van der Waals surface area (Å²) in [6.07, 6.45) is 1.35. The van der Waals surface area contributed by atoms with E-state index in [1.807, 2.05) is 6.07 Å². The van der Waals surface area contributed by atoms with Gasteiger partial charge in [-0.2, -0.15) is 8.78 Å². The predicted molar refractivity (Wildman–Crippen MR) is 87.8 cm³/mol. The van der Waals surface area contributed by atoms with Crippen LogP contribution >= 0.6 is 15.9 Å². The van der Waals surface area contributed by atoms with E-state index in [9.17, 15) is 13.6 Å². The second-order valence-corrected chi connectivity index (χ2v) is 5.59. The molecule has 0 bridgehead atoms. The molecule has 1 heterocycles. The van der Waals surface area contributed by atoms with Crippen molar-refractivity contribution >= 4 is 33.9 Å². The molecule has 1 aliphatic rings. The quantitative estimate of drug-likeness (QED) is 0.571. The molecule has 24 heavy (non-hydrogen) atoms. The van der Waals surface area contributed by atoms with Crippen LogP contribution in [0.5, 0.6) is 5.75 Å². The zero-order valence-corrected chi connectivity index (χ0v) is 13.7. The lowest BCUT2D eigenvalue weighted by Crippen LogP contribution is -2.06. The molecule has 0 amide bonds. The lowest BCUT2D eigenvalue weighted by molar-refractivity contribution is -0.129. The summed E-state index contributed by atoms with van der Waals surface area (Å²) >= 11 is 3.36. The van der Waals surface area contributed by atoms with Crippen LogP contribution in [0.3, 0.4) is 0 Å². The number of hydrogen-bond acceptors (Lipinski definition) is 4. The maximum absolute atomic E-state index is 12.5. The molecule has 7 heteroatoms. The molecule has 4 nitrogen and oxygen atoms in total. The molecule has 122 valence electrons. The fourth-order valence-electron chi connectivity index (χ4n) is 2.11. The maximum Gasteiger partial charge on any atom is 0.387 e. The first-order valence-electron chi connectivity index (χ1n) is 6.86. The third-order valence-corrected chi connectivity index (χ3v) is 3.84. The van der Waals surface area contributed by atoms with Crippen molar-refractivity contribution in [1.29, 1.82) is 0 Å². The fraction of sp³-hybridized carbons (Fsp3) is 0.0588. The largest absolute Gasteiger partial charge is 0.434 e. The molecule has 1 aliphatic heterocycles. The van der Waals surface area contributed by atoms with Crippen molar-refractivity contribution < 1.29 is 23.0 Å². The zero-order chi connectivity index (χ0) is 17.1. The standard InChI is InChI=1S/C17H10BrF2NO3/c18-12-7-3-2-6-11(12)15-21-13(16(22)24-15)9-10-5-1-4-8-14(10)23-17(19)20/h1-9,17H/b13-9-. The van der Waals surface area contributed by atoms with E-state index in [4.69, 9.17) is 4.74 Å². The number of alkyl halides is 2. The van der Waals surface area contributed by atoms with Crippen LogP contribution in [0, 0.1) is 0 Å². The van der Waals surface area contributed by atoms with E-state index in [0.717, 1.165) is 4.47 Å². The minimum atomic E-state index is -2.96. The van der Waals surface area contributed by atoms with E-state index in [1.54, 1.807) is 36.4 Å². The highest BCUT2D eigenvalue weighted by Crippen LogP contribution is 2.27. The van der Waals surface area contributed by atoms with Gasteiger partial charge in [-0.1, -0.05) is 30.3 Å². The minimum Gasteiger partial charge on any atom is -0.434 e. The molecule has 2 aromatic rings. The van der Waals surface area contributed by atoms with Crippen LogP contribution in [0.2, 0.25) is 0 Å². The first kappa shape index (κ1) is 16.3. The number of halogens is 3. The Hall–Kier alpha value is -2.54. The number of benzene rings is 2. The van der Waals surface area contributed by atoms with Crippen LogP contribution in [0.25, 0.3) is 6.08 Å². The van der Waals surface area contributed by atoms with Gasteiger partial charge in [0.25, 0.3) is 0 Å². The smallest absolute Gasteiger partial charge is 0.387 e. The average molecular weight is 394 g/mol. The topological polar surface area (TPSA) is 47.9 Å². The Kier molecular flexibility index (Phi) is 4.71. The summed E-state index contributed by atoms with van der Waals surface area (Å²) in [6.45, 7) is -2.96. The van der Waals surface area contributed by atoms with Crippen LogP contribution in [0.4, 0.5) is 8.78 Å². The highest BCUT2D eigenvalue weighted by Gasteiger charge is 2.25. The molecule has 0 saturated heterocycles. The molecule has 0 aliphatic carbocycles. The van der Waals surface area contributed by atoms with E-state index < -0.39 is 12.6 Å². The summed E-state index contributed by atoms with van der Waals surface area (Å²) in [5.41, 5.74) is 0.930. The molecule has 0 fully saturated rings. The zero-order valence-electron chi connectivity index (χ0n) is 12.1. The third-order valence-electron chi connectivity index (χ3n) is 3.15. The van der Waals surface area contributed by atoms with Crippen LogP contribution < -0.4 is 4.74 Å². The molecule has 0 unspecified atom stereocenters. The van der Waals surface area contributed by atoms with Gasteiger partial charge in [0.1, 0.15) is 5.75 Å². The van der Waals surface area contributed by atoms with Crippen LogP contribution in [-0.4, -0.2) is 18.5 Å². The van der Waals surface area contributed by atoms with Crippen LogP contribution in [0.15, 0.2) is 63.7 Å². The van der Waals surface area contributed by atoms with Crippen LogP contribution in [-0.2, 0) is 9.53 Å². The second-order valence-electron chi connectivity index (χ2n) is 4.73. The van der Waals surface area contributed by atoms with Crippen molar-refractivity contribution in [2.24, 2.45) is 4.99 Å². The van der Waals surface area contributed by atoms with Gasteiger partial charge >= 0.3 is 12.6 Å². The summed E-state index contributed by atoms with van der Waals surface area (Å²) in [4.78, 5) is 16.1. The molecule has 0 saturated carbocycles. The minimum absolute atomic E-state index is 0.00562. The third kappa shape index (κ3) is 3.51. The van der Waals surface area contributed by atoms with Gasteiger partial charge in [-0.3, -0.25) is 0 Å². The normalized spacial score (nSPS) is 15.6.